The van der Waals surface area contributed by atoms with E-state index in [9.17, 15) is 4.39 Å². The van der Waals surface area contributed by atoms with Crippen LogP contribution in [0.2, 0.25) is 0 Å². The fourth-order valence-electron chi connectivity index (χ4n) is 1.18. The molecule has 0 saturated carbocycles. The van der Waals surface area contributed by atoms with Gasteiger partial charge in [0.15, 0.2) is 0 Å². The van der Waals surface area contributed by atoms with Crippen molar-refractivity contribution in [1.29, 1.82) is 0 Å². The molecule has 0 amide bonds. The highest BCUT2D eigenvalue weighted by molar-refractivity contribution is 5.80. The normalized spacial score (nSPS) is 10.5. The molecular formula is C9H7FN2. The van der Waals surface area contributed by atoms with Crippen molar-refractivity contribution in [3.8, 4) is 0 Å². The quantitative estimate of drug-likeness (QED) is 0.592. The zero-order chi connectivity index (χ0) is 8.55. The van der Waals surface area contributed by atoms with Gasteiger partial charge in [-0.15, -0.1) is 0 Å². The number of fused-ring (bicyclic) bond motifs is 1. The highest BCUT2D eigenvalue weighted by Crippen LogP contribution is 2.15. The Hall–Kier alpha value is -1.51. The lowest BCUT2D eigenvalue weighted by Crippen LogP contribution is -1.89. The second-order valence-corrected chi connectivity index (χ2v) is 2.60. The molecule has 0 N–H and O–H groups in total. The van der Waals surface area contributed by atoms with Crippen LogP contribution in [0.4, 0.5) is 4.39 Å². The Kier molecular flexibility index (Phi) is 1.50. The summed E-state index contributed by atoms with van der Waals surface area (Å²) >= 11 is 0. The van der Waals surface area contributed by atoms with Gasteiger partial charge < -0.3 is 0 Å². The fourth-order valence-corrected chi connectivity index (χ4v) is 1.18. The van der Waals surface area contributed by atoms with Gasteiger partial charge in [0.05, 0.1) is 0 Å². The van der Waals surface area contributed by atoms with Gasteiger partial charge in [0, 0.05) is 11.1 Å². The Labute approximate surface area is 69.1 Å². The first kappa shape index (κ1) is 7.16. The standard InChI is InChI=1S/C9H7FN2/c1-6-7-3-2-4-8(10)9(7)12-5-11-6/h2-5H,1H3. The number of para-hydroxylation sites is 1. The maximum atomic E-state index is 13.1. The summed E-state index contributed by atoms with van der Waals surface area (Å²) in [6.45, 7) is 1.84. The van der Waals surface area contributed by atoms with E-state index in [-0.39, 0.29) is 5.82 Å². The van der Waals surface area contributed by atoms with Gasteiger partial charge in [-0.1, -0.05) is 12.1 Å². The summed E-state index contributed by atoms with van der Waals surface area (Å²) in [4.78, 5) is 7.83. The van der Waals surface area contributed by atoms with Crippen LogP contribution in [0.3, 0.4) is 0 Å². The molecular weight excluding hydrogens is 155 g/mol. The molecule has 0 radical (unpaired) electrons. The van der Waals surface area contributed by atoms with Crippen LogP contribution in [-0.4, -0.2) is 9.97 Å². The summed E-state index contributed by atoms with van der Waals surface area (Å²) in [5.74, 6) is -0.294. The van der Waals surface area contributed by atoms with Crippen LogP contribution in [0.1, 0.15) is 5.69 Å². The van der Waals surface area contributed by atoms with Crippen LogP contribution in [0.25, 0.3) is 10.9 Å². The van der Waals surface area contributed by atoms with Gasteiger partial charge in [-0.2, -0.15) is 0 Å². The molecule has 0 spiro atoms. The van der Waals surface area contributed by atoms with Gasteiger partial charge in [0.2, 0.25) is 0 Å². The van der Waals surface area contributed by atoms with E-state index >= 15 is 0 Å². The Balaban J connectivity index is 2.94. The van der Waals surface area contributed by atoms with Crippen LogP contribution in [-0.2, 0) is 0 Å². The van der Waals surface area contributed by atoms with Crippen molar-refractivity contribution in [2.75, 3.05) is 0 Å². The molecule has 0 bridgehead atoms. The van der Waals surface area contributed by atoms with E-state index in [1.165, 1.54) is 12.4 Å². The monoisotopic (exact) mass is 162 g/mol. The van der Waals surface area contributed by atoms with Crippen LogP contribution in [0.5, 0.6) is 0 Å². The predicted octanol–water partition coefficient (Wildman–Crippen LogP) is 2.08. The van der Waals surface area contributed by atoms with Gasteiger partial charge >= 0.3 is 0 Å². The first-order valence-electron chi connectivity index (χ1n) is 3.65. The van der Waals surface area contributed by atoms with E-state index in [0.29, 0.717) is 5.52 Å². The average Bonchev–Trinajstić information content (AvgIpc) is 2.07. The number of aryl methyl sites for hydroxylation is 1. The number of rotatable bonds is 0. The van der Waals surface area contributed by atoms with E-state index in [4.69, 9.17) is 0 Å². The lowest BCUT2D eigenvalue weighted by molar-refractivity contribution is 0.636. The summed E-state index contributed by atoms with van der Waals surface area (Å²) in [6, 6.07) is 4.87. The minimum absolute atomic E-state index is 0.294. The van der Waals surface area contributed by atoms with E-state index in [1.54, 1.807) is 6.07 Å². The maximum Gasteiger partial charge on any atom is 0.149 e. The van der Waals surface area contributed by atoms with Crippen LogP contribution >= 0.6 is 0 Å². The van der Waals surface area contributed by atoms with Gasteiger partial charge in [-0.25, -0.2) is 14.4 Å². The zero-order valence-electron chi connectivity index (χ0n) is 6.58. The molecule has 2 rings (SSSR count). The molecule has 0 aliphatic carbocycles. The highest BCUT2D eigenvalue weighted by Gasteiger charge is 2.02. The van der Waals surface area contributed by atoms with Crippen LogP contribution < -0.4 is 0 Å². The van der Waals surface area contributed by atoms with Crippen molar-refractivity contribution in [1.82, 2.24) is 9.97 Å². The number of benzene rings is 1. The Morgan fingerprint density at radius 1 is 1.25 bits per heavy atom. The zero-order valence-corrected chi connectivity index (χ0v) is 6.58. The molecule has 0 aliphatic heterocycles. The summed E-state index contributed by atoms with van der Waals surface area (Å²) in [7, 11) is 0. The predicted molar refractivity (Wildman–Crippen MR) is 44.2 cm³/mol. The van der Waals surface area contributed by atoms with Gasteiger partial charge in [-0.05, 0) is 13.0 Å². The van der Waals surface area contributed by atoms with Crippen molar-refractivity contribution in [3.63, 3.8) is 0 Å². The van der Waals surface area contributed by atoms with Crippen molar-refractivity contribution in [2.24, 2.45) is 0 Å². The largest absolute Gasteiger partial charge is 0.241 e. The van der Waals surface area contributed by atoms with E-state index < -0.39 is 0 Å². The third-order valence-electron chi connectivity index (χ3n) is 1.81. The molecule has 0 unspecified atom stereocenters. The van der Waals surface area contributed by atoms with Crippen LogP contribution in [0.15, 0.2) is 24.5 Å². The lowest BCUT2D eigenvalue weighted by Gasteiger charge is -1.99. The van der Waals surface area contributed by atoms with Crippen molar-refractivity contribution >= 4 is 10.9 Å². The Morgan fingerprint density at radius 3 is 2.83 bits per heavy atom. The number of halogens is 1. The molecule has 2 nitrogen and oxygen atoms in total. The molecule has 0 fully saturated rings. The molecule has 60 valence electrons. The first-order chi connectivity index (χ1) is 5.79. The van der Waals surface area contributed by atoms with Crippen LogP contribution in [0, 0.1) is 12.7 Å². The Bertz CT molecular complexity index is 385. The SMILES string of the molecule is Cc1ncnc2c(F)cccc12. The summed E-state index contributed by atoms with van der Waals surface area (Å²) in [5, 5.41) is 0.775. The van der Waals surface area contributed by atoms with Gasteiger partial charge in [0.1, 0.15) is 17.7 Å². The summed E-state index contributed by atoms with van der Waals surface area (Å²) in [5.41, 5.74) is 1.20. The number of hydrogen-bond donors (Lipinski definition) is 0. The number of hydrogen-bond acceptors (Lipinski definition) is 2. The smallest absolute Gasteiger partial charge is 0.149 e. The fraction of sp³-hybridized carbons (Fsp3) is 0.111. The Morgan fingerprint density at radius 2 is 2.08 bits per heavy atom. The minimum atomic E-state index is -0.294. The van der Waals surface area contributed by atoms with Crippen molar-refractivity contribution in [3.05, 3.63) is 36.0 Å². The van der Waals surface area contributed by atoms with Crippen molar-refractivity contribution in [2.45, 2.75) is 6.92 Å². The maximum absolute atomic E-state index is 13.1. The molecule has 1 heterocycles. The molecule has 0 atom stereocenters. The molecule has 2 aromatic rings. The second-order valence-electron chi connectivity index (χ2n) is 2.60. The summed E-state index contributed by atoms with van der Waals surface area (Å²) < 4.78 is 13.1. The van der Waals surface area contributed by atoms with Crippen molar-refractivity contribution < 1.29 is 4.39 Å². The second kappa shape index (κ2) is 2.52. The van der Waals surface area contributed by atoms with E-state index in [0.717, 1.165) is 11.1 Å². The number of nitrogens with zero attached hydrogens (tertiary/aromatic N) is 2. The van der Waals surface area contributed by atoms with Gasteiger partial charge in [0.25, 0.3) is 0 Å². The first-order valence-corrected chi connectivity index (χ1v) is 3.65. The lowest BCUT2D eigenvalue weighted by atomic mass is 10.2. The summed E-state index contributed by atoms with van der Waals surface area (Å²) in [6.07, 6.45) is 1.38. The van der Waals surface area contributed by atoms with Gasteiger partial charge in [-0.3, -0.25) is 0 Å². The molecule has 1 aromatic heterocycles. The number of aromatic nitrogens is 2. The molecule has 0 saturated heterocycles. The topological polar surface area (TPSA) is 25.8 Å². The van der Waals surface area contributed by atoms with E-state index in [2.05, 4.69) is 9.97 Å². The minimum Gasteiger partial charge on any atom is -0.241 e. The third-order valence-corrected chi connectivity index (χ3v) is 1.81. The molecule has 3 heteroatoms. The molecule has 12 heavy (non-hydrogen) atoms. The highest BCUT2D eigenvalue weighted by atomic mass is 19.1. The molecule has 1 aromatic carbocycles. The average molecular weight is 162 g/mol. The molecule has 0 aliphatic rings. The third kappa shape index (κ3) is 0.942. The van der Waals surface area contributed by atoms with E-state index in [1.807, 2.05) is 13.0 Å².